The van der Waals surface area contributed by atoms with Gasteiger partial charge in [-0.2, -0.15) is 0 Å². The van der Waals surface area contributed by atoms with E-state index in [2.05, 4.69) is 5.32 Å². The first-order valence-corrected chi connectivity index (χ1v) is 4.75. The maximum Gasteiger partial charge on any atom is 0.0793 e. The van der Waals surface area contributed by atoms with E-state index in [1.165, 1.54) is 0 Å². The summed E-state index contributed by atoms with van der Waals surface area (Å²) in [6, 6.07) is 8.02. The summed E-state index contributed by atoms with van der Waals surface area (Å²) in [5.41, 5.74) is 2.17. The summed E-state index contributed by atoms with van der Waals surface area (Å²) in [7, 11) is 1.70. The van der Waals surface area contributed by atoms with E-state index in [0.29, 0.717) is 6.54 Å². The van der Waals surface area contributed by atoms with Crippen LogP contribution in [0.2, 0.25) is 0 Å². The minimum absolute atomic E-state index is 0.127. The van der Waals surface area contributed by atoms with E-state index in [1.807, 2.05) is 31.2 Å². The summed E-state index contributed by atoms with van der Waals surface area (Å²) >= 11 is 0. The highest BCUT2D eigenvalue weighted by Gasteiger charge is 2.02. The molecule has 0 aliphatic heterocycles. The smallest absolute Gasteiger partial charge is 0.0793 e. The largest absolute Gasteiger partial charge is 0.395 e. The van der Waals surface area contributed by atoms with E-state index in [0.717, 1.165) is 11.3 Å². The molecule has 1 unspecified atom stereocenters. The van der Waals surface area contributed by atoms with Crippen molar-refractivity contribution >= 4 is 5.69 Å². The maximum absolute atomic E-state index is 8.63. The first-order chi connectivity index (χ1) is 6.77. The number of anilines is 1. The number of aliphatic hydroxyl groups is 1. The number of aliphatic hydroxyl groups excluding tert-OH is 1. The van der Waals surface area contributed by atoms with Crippen molar-refractivity contribution in [3.05, 3.63) is 29.8 Å². The molecule has 14 heavy (non-hydrogen) atoms. The first kappa shape index (κ1) is 11.0. The molecule has 3 nitrogen and oxygen atoms in total. The van der Waals surface area contributed by atoms with Crippen LogP contribution in [0.5, 0.6) is 0 Å². The molecule has 0 saturated heterocycles. The standard InChI is InChI=1S/C11H17NO2/c1-9(14-2)10-3-5-11(6-4-10)12-7-8-13/h3-6,9,12-13H,7-8H2,1-2H3. The topological polar surface area (TPSA) is 41.5 Å². The fraction of sp³-hybridized carbons (Fsp3) is 0.455. The van der Waals surface area contributed by atoms with Crippen molar-refractivity contribution in [1.82, 2.24) is 0 Å². The lowest BCUT2D eigenvalue weighted by atomic mass is 10.1. The third-order valence-corrected chi connectivity index (χ3v) is 2.17. The van der Waals surface area contributed by atoms with Gasteiger partial charge in [0, 0.05) is 19.3 Å². The van der Waals surface area contributed by atoms with Crippen molar-refractivity contribution in [2.24, 2.45) is 0 Å². The van der Waals surface area contributed by atoms with E-state index in [9.17, 15) is 0 Å². The second-order valence-corrected chi connectivity index (χ2v) is 3.15. The number of nitrogens with one attached hydrogen (secondary N) is 1. The zero-order valence-electron chi connectivity index (χ0n) is 8.66. The van der Waals surface area contributed by atoms with Gasteiger partial charge in [0.05, 0.1) is 12.7 Å². The van der Waals surface area contributed by atoms with E-state index in [-0.39, 0.29) is 12.7 Å². The maximum atomic E-state index is 8.63. The van der Waals surface area contributed by atoms with Crippen molar-refractivity contribution in [3.8, 4) is 0 Å². The van der Waals surface area contributed by atoms with Gasteiger partial charge < -0.3 is 15.2 Å². The highest BCUT2D eigenvalue weighted by Crippen LogP contribution is 2.17. The van der Waals surface area contributed by atoms with Gasteiger partial charge in [0.25, 0.3) is 0 Å². The average Bonchev–Trinajstić information content (AvgIpc) is 2.26. The number of hydrogen-bond acceptors (Lipinski definition) is 3. The van der Waals surface area contributed by atoms with Crippen LogP contribution in [0.15, 0.2) is 24.3 Å². The Morgan fingerprint density at radius 1 is 1.36 bits per heavy atom. The summed E-state index contributed by atoms with van der Waals surface area (Å²) in [5.74, 6) is 0. The number of benzene rings is 1. The van der Waals surface area contributed by atoms with Crippen LogP contribution in [0.3, 0.4) is 0 Å². The fourth-order valence-electron chi connectivity index (χ4n) is 1.21. The molecule has 1 aromatic rings. The summed E-state index contributed by atoms with van der Waals surface area (Å²) in [5, 5.41) is 11.7. The Kier molecular flexibility index (Phi) is 4.43. The van der Waals surface area contributed by atoms with Crippen LogP contribution in [-0.4, -0.2) is 25.4 Å². The van der Waals surface area contributed by atoms with Gasteiger partial charge in [-0.3, -0.25) is 0 Å². The number of methoxy groups -OCH3 is 1. The number of ether oxygens (including phenoxy) is 1. The van der Waals surface area contributed by atoms with E-state index >= 15 is 0 Å². The number of rotatable bonds is 5. The molecule has 0 bridgehead atoms. The van der Waals surface area contributed by atoms with Crippen molar-refractivity contribution < 1.29 is 9.84 Å². The van der Waals surface area contributed by atoms with Crippen LogP contribution in [0.1, 0.15) is 18.6 Å². The molecule has 1 rings (SSSR count). The quantitative estimate of drug-likeness (QED) is 0.752. The fourth-order valence-corrected chi connectivity index (χ4v) is 1.21. The van der Waals surface area contributed by atoms with Crippen LogP contribution in [0, 0.1) is 0 Å². The Hall–Kier alpha value is -1.06. The van der Waals surface area contributed by atoms with E-state index in [1.54, 1.807) is 7.11 Å². The van der Waals surface area contributed by atoms with Gasteiger partial charge in [0.1, 0.15) is 0 Å². The van der Waals surface area contributed by atoms with Crippen molar-refractivity contribution in [1.29, 1.82) is 0 Å². The zero-order valence-corrected chi connectivity index (χ0v) is 8.66. The molecule has 3 heteroatoms. The normalized spacial score (nSPS) is 12.5. The molecular formula is C11H17NO2. The predicted octanol–water partition coefficient (Wildman–Crippen LogP) is 1.80. The van der Waals surface area contributed by atoms with Crippen molar-refractivity contribution in [3.63, 3.8) is 0 Å². The minimum Gasteiger partial charge on any atom is -0.395 e. The second kappa shape index (κ2) is 5.62. The van der Waals surface area contributed by atoms with Crippen LogP contribution in [0.4, 0.5) is 5.69 Å². The van der Waals surface area contributed by atoms with Crippen molar-refractivity contribution in [2.45, 2.75) is 13.0 Å². The lowest BCUT2D eigenvalue weighted by Crippen LogP contribution is -2.05. The van der Waals surface area contributed by atoms with Gasteiger partial charge >= 0.3 is 0 Å². The molecule has 0 aromatic heterocycles. The average molecular weight is 195 g/mol. The zero-order chi connectivity index (χ0) is 10.4. The van der Waals surface area contributed by atoms with Crippen molar-refractivity contribution in [2.75, 3.05) is 25.6 Å². The van der Waals surface area contributed by atoms with Gasteiger partial charge in [-0.15, -0.1) is 0 Å². The lowest BCUT2D eigenvalue weighted by Gasteiger charge is -2.10. The lowest BCUT2D eigenvalue weighted by molar-refractivity contribution is 0.119. The third kappa shape index (κ3) is 3.01. The summed E-state index contributed by atoms with van der Waals surface area (Å²) in [6.45, 7) is 2.74. The highest BCUT2D eigenvalue weighted by molar-refractivity contribution is 5.44. The number of hydrogen-bond donors (Lipinski definition) is 2. The van der Waals surface area contributed by atoms with Crippen LogP contribution in [-0.2, 0) is 4.74 Å². The summed E-state index contributed by atoms with van der Waals surface area (Å²) in [4.78, 5) is 0. The molecule has 78 valence electrons. The molecule has 0 spiro atoms. The first-order valence-electron chi connectivity index (χ1n) is 4.75. The van der Waals surface area contributed by atoms with Gasteiger partial charge in [0.15, 0.2) is 0 Å². The molecule has 1 atom stereocenters. The Labute approximate surface area is 84.7 Å². The predicted molar refractivity (Wildman–Crippen MR) is 57.4 cm³/mol. The van der Waals surface area contributed by atoms with Crippen LogP contribution in [0.25, 0.3) is 0 Å². The summed E-state index contributed by atoms with van der Waals surface area (Å²) in [6.07, 6.45) is 0.127. The molecule has 0 amide bonds. The SMILES string of the molecule is COC(C)c1ccc(NCCO)cc1. The molecule has 0 fully saturated rings. The molecule has 2 N–H and O–H groups in total. The molecule has 0 radical (unpaired) electrons. The monoisotopic (exact) mass is 195 g/mol. The van der Waals surface area contributed by atoms with Gasteiger partial charge in [-0.25, -0.2) is 0 Å². The minimum atomic E-state index is 0.127. The molecule has 0 aliphatic rings. The second-order valence-electron chi connectivity index (χ2n) is 3.15. The van der Waals surface area contributed by atoms with Gasteiger partial charge in [0.2, 0.25) is 0 Å². The van der Waals surface area contributed by atoms with Crippen LogP contribution < -0.4 is 5.32 Å². The Bertz CT molecular complexity index is 258. The van der Waals surface area contributed by atoms with E-state index < -0.39 is 0 Å². The molecule has 0 aliphatic carbocycles. The Balaban J connectivity index is 2.59. The van der Waals surface area contributed by atoms with Crippen LogP contribution >= 0.6 is 0 Å². The molecule has 0 saturated carbocycles. The Morgan fingerprint density at radius 3 is 2.50 bits per heavy atom. The van der Waals surface area contributed by atoms with Gasteiger partial charge in [-0.1, -0.05) is 12.1 Å². The summed E-state index contributed by atoms with van der Waals surface area (Å²) < 4.78 is 5.20. The Morgan fingerprint density at radius 2 is 2.00 bits per heavy atom. The molecular weight excluding hydrogens is 178 g/mol. The van der Waals surface area contributed by atoms with Gasteiger partial charge in [-0.05, 0) is 24.6 Å². The third-order valence-electron chi connectivity index (χ3n) is 2.17. The highest BCUT2D eigenvalue weighted by atomic mass is 16.5. The molecule has 0 heterocycles. The molecule has 1 aromatic carbocycles. The van der Waals surface area contributed by atoms with E-state index in [4.69, 9.17) is 9.84 Å².